The van der Waals surface area contributed by atoms with E-state index in [1.165, 1.54) is 25.0 Å². The molecule has 4 aromatic rings. The summed E-state index contributed by atoms with van der Waals surface area (Å²) in [7, 11) is 2.99. The van der Waals surface area contributed by atoms with Crippen molar-refractivity contribution in [3.63, 3.8) is 0 Å². The van der Waals surface area contributed by atoms with Crippen molar-refractivity contribution in [1.82, 2.24) is 14.8 Å². The Bertz CT molecular complexity index is 1480. The zero-order chi connectivity index (χ0) is 24.1. The summed E-state index contributed by atoms with van der Waals surface area (Å²) in [5.41, 5.74) is 1.66. The summed E-state index contributed by atoms with van der Waals surface area (Å²) in [6, 6.07) is 14.8. The van der Waals surface area contributed by atoms with Crippen molar-refractivity contribution in [1.29, 1.82) is 0 Å². The first kappa shape index (κ1) is 21.2. The first-order valence-electron chi connectivity index (χ1n) is 10.1. The van der Waals surface area contributed by atoms with Crippen molar-refractivity contribution in [2.45, 2.75) is 0 Å². The molecule has 10 nitrogen and oxygen atoms in total. The highest BCUT2D eigenvalue weighted by Gasteiger charge is 2.32. The van der Waals surface area contributed by atoms with Gasteiger partial charge in [0.1, 0.15) is 11.5 Å². The molecular weight excluding hydrogens is 440 g/mol. The number of carbonyl (C=O) groups is 3. The van der Waals surface area contributed by atoms with Crippen LogP contribution >= 0.6 is 0 Å². The summed E-state index contributed by atoms with van der Waals surface area (Å²) in [6.07, 6.45) is 0. The molecule has 5 rings (SSSR count). The van der Waals surface area contributed by atoms with Crippen molar-refractivity contribution in [2.24, 2.45) is 5.84 Å². The van der Waals surface area contributed by atoms with Gasteiger partial charge in [-0.1, -0.05) is 18.2 Å². The predicted molar refractivity (Wildman–Crippen MR) is 121 cm³/mol. The number of rotatable bonds is 5. The highest BCUT2D eigenvalue weighted by Crippen LogP contribution is 2.41. The largest absolute Gasteiger partial charge is 0.496 e. The summed E-state index contributed by atoms with van der Waals surface area (Å²) < 4.78 is 12.5. The van der Waals surface area contributed by atoms with Gasteiger partial charge in [-0.05, 0) is 36.4 Å². The van der Waals surface area contributed by atoms with Gasteiger partial charge in [-0.3, -0.25) is 9.59 Å². The number of aromatic nitrogens is 2. The Morgan fingerprint density at radius 1 is 0.941 bits per heavy atom. The van der Waals surface area contributed by atoms with Crippen LogP contribution in [0.5, 0.6) is 11.5 Å². The number of imide groups is 1. The van der Waals surface area contributed by atoms with E-state index in [1.807, 2.05) is 0 Å². The maximum Gasteiger partial charge on any atom is 0.356 e. The average molecular weight is 458 g/mol. The van der Waals surface area contributed by atoms with Crippen LogP contribution in [0.15, 0.2) is 54.6 Å². The molecule has 3 aromatic carbocycles. The van der Waals surface area contributed by atoms with Crippen LogP contribution in [0, 0.1) is 0 Å². The minimum absolute atomic E-state index is 0.205. The molecule has 0 atom stereocenters. The normalized spacial score (nSPS) is 12.9. The monoisotopic (exact) mass is 458 g/mol. The van der Waals surface area contributed by atoms with Gasteiger partial charge < -0.3 is 14.6 Å². The number of aromatic carboxylic acids is 1. The number of hydrogen-bond donors (Lipinski definition) is 2. The predicted octanol–water partition coefficient (Wildman–Crippen LogP) is 2.88. The second-order valence-electron chi connectivity index (χ2n) is 7.51. The van der Waals surface area contributed by atoms with E-state index in [-0.39, 0.29) is 16.8 Å². The number of methoxy groups -OCH3 is 2. The van der Waals surface area contributed by atoms with Crippen LogP contribution in [0.2, 0.25) is 0 Å². The third kappa shape index (κ3) is 2.93. The fourth-order valence-electron chi connectivity index (χ4n) is 4.24. The lowest BCUT2D eigenvalue weighted by Crippen LogP contribution is -2.45. The molecule has 0 saturated carbocycles. The first-order chi connectivity index (χ1) is 16.4. The molecule has 0 unspecified atom stereocenters. The number of carboxylic acid groups (broad SMARTS) is 1. The summed E-state index contributed by atoms with van der Waals surface area (Å²) in [5.74, 6) is 4.11. The first-order valence-corrected chi connectivity index (χ1v) is 10.1. The number of nitrogens with two attached hydrogens (primary N) is 1. The Hall–Kier alpha value is -4.70. The minimum Gasteiger partial charge on any atom is -0.496 e. The number of carbonyl (C=O) groups excluding carboxylic acids is 2. The second-order valence-corrected chi connectivity index (χ2v) is 7.51. The lowest BCUT2D eigenvalue weighted by molar-refractivity contribution is 0.0608. The number of ether oxygens (including phenoxy) is 2. The molecular formula is C24H18N4O6. The summed E-state index contributed by atoms with van der Waals surface area (Å²) in [5, 5.41) is 15.5. The van der Waals surface area contributed by atoms with E-state index in [4.69, 9.17) is 15.3 Å². The van der Waals surface area contributed by atoms with Crippen LogP contribution in [0.1, 0.15) is 31.2 Å². The Morgan fingerprint density at radius 2 is 1.56 bits per heavy atom. The van der Waals surface area contributed by atoms with Gasteiger partial charge in [-0.15, -0.1) is 0 Å². The molecule has 10 heteroatoms. The fourth-order valence-corrected chi connectivity index (χ4v) is 4.24. The second kappa shape index (κ2) is 7.71. The van der Waals surface area contributed by atoms with Gasteiger partial charge in [0.2, 0.25) is 0 Å². The zero-order valence-corrected chi connectivity index (χ0v) is 18.1. The average Bonchev–Trinajstić information content (AvgIpc) is 3.30. The van der Waals surface area contributed by atoms with E-state index in [2.05, 4.69) is 5.10 Å². The van der Waals surface area contributed by atoms with Gasteiger partial charge in [0.05, 0.1) is 42.3 Å². The number of carboxylic acids is 1. The van der Waals surface area contributed by atoms with Crippen molar-refractivity contribution in [3.05, 3.63) is 71.4 Å². The topological polar surface area (TPSA) is 137 Å². The quantitative estimate of drug-likeness (QED) is 0.265. The van der Waals surface area contributed by atoms with E-state index in [1.54, 1.807) is 48.5 Å². The van der Waals surface area contributed by atoms with Gasteiger partial charge in [-0.25, -0.2) is 20.3 Å². The maximum atomic E-state index is 12.7. The van der Waals surface area contributed by atoms with Gasteiger partial charge in [0.15, 0.2) is 5.69 Å². The molecule has 170 valence electrons. The molecule has 1 aliphatic rings. The van der Waals surface area contributed by atoms with Crippen LogP contribution in [-0.2, 0) is 0 Å². The number of amides is 2. The van der Waals surface area contributed by atoms with Crippen molar-refractivity contribution in [2.75, 3.05) is 14.2 Å². The Balaban J connectivity index is 1.87. The number of hydrogen-bond acceptors (Lipinski definition) is 7. The summed E-state index contributed by atoms with van der Waals surface area (Å²) in [6.45, 7) is 0. The standard InChI is InChI=1S/C24H18N4O6/c1-33-18-7-4-8-19(34-2)21(18)17-11-15(24(31)32)26-28(17)16-10-9-14-20-12(16)5-3-6-13(20)22(29)27(25)23(14)30/h3-11H,25H2,1-2H3,(H,31,32). The van der Waals surface area contributed by atoms with Crippen LogP contribution in [0.4, 0.5) is 0 Å². The third-order valence-electron chi connectivity index (χ3n) is 5.76. The molecule has 0 saturated heterocycles. The van der Waals surface area contributed by atoms with Gasteiger partial charge >= 0.3 is 5.97 Å². The molecule has 34 heavy (non-hydrogen) atoms. The van der Waals surface area contributed by atoms with Gasteiger partial charge in [-0.2, -0.15) is 5.10 Å². The number of nitrogens with zero attached hydrogens (tertiary/aromatic N) is 3. The molecule has 1 aromatic heterocycles. The molecule has 0 spiro atoms. The Labute approximate surface area is 192 Å². The molecule has 2 amide bonds. The molecule has 0 bridgehead atoms. The van der Waals surface area contributed by atoms with Crippen LogP contribution < -0.4 is 15.3 Å². The van der Waals surface area contributed by atoms with E-state index < -0.39 is 17.8 Å². The highest BCUT2D eigenvalue weighted by molar-refractivity contribution is 6.26. The molecule has 0 aliphatic carbocycles. The minimum atomic E-state index is -1.22. The molecule has 2 heterocycles. The van der Waals surface area contributed by atoms with Crippen LogP contribution in [0.3, 0.4) is 0 Å². The lowest BCUT2D eigenvalue weighted by Gasteiger charge is -2.24. The molecule has 3 N–H and O–H groups in total. The van der Waals surface area contributed by atoms with Crippen molar-refractivity contribution >= 4 is 28.6 Å². The number of hydrazine groups is 1. The van der Waals surface area contributed by atoms with Gasteiger partial charge in [0.25, 0.3) is 11.8 Å². The SMILES string of the molecule is COc1cccc(OC)c1-c1cc(C(=O)O)nn1-c1ccc2c3c(cccc13)C(=O)N(N)C2=O. The van der Waals surface area contributed by atoms with Crippen molar-refractivity contribution < 1.29 is 29.0 Å². The number of benzene rings is 3. The Morgan fingerprint density at radius 3 is 2.18 bits per heavy atom. The molecule has 0 fully saturated rings. The smallest absolute Gasteiger partial charge is 0.356 e. The summed E-state index contributed by atoms with van der Waals surface area (Å²) >= 11 is 0. The molecule has 1 aliphatic heterocycles. The lowest BCUT2D eigenvalue weighted by atomic mass is 9.93. The highest BCUT2D eigenvalue weighted by atomic mass is 16.5. The van der Waals surface area contributed by atoms with Gasteiger partial charge in [0, 0.05) is 10.8 Å². The molecule has 0 radical (unpaired) electrons. The van der Waals surface area contributed by atoms with Crippen LogP contribution in [0.25, 0.3) is 27.7 Å². The van der Waals surface area contributed by atoms with Crippen LogP contribution in [-0.4, -0.2) is 51.9 Å². The summed E-state index contributed by atoms with van der Waals surface area (Å²) in [4.78, 5) is 37.2. The van der Waals surface area contributed by atoms with Crippen molar-refractivity contribution in [3.8, 4) is 28.4 Å². The Kier molecular flexibility index (Phi) is 4.80. The van der Waals surface area contributed by atoms with E-state index in [0.29, 0.717) is 44.2 Å². The fraction of sp³-hybridized carbons (Fsp3) is 0.0833. The maximum absolute atomic E-state index is 12.7. The third-order valence-corrected chi connectivity index (χ3v) is 5.76. The van der Waals surface area contributed by atoms with E-state index in [0.717, 1.165) is 0 Å². The zero-order valence-electron chi connectivity index (χ0n) is 18.1. The van der Waals surface area contributed by atoms with E-state index >= 15 is 0 Å². The van der Waals surface area contributed by atoms with E-state index in [9.17, 15) is 19.5 Å².